The number of amides is 1. The van der Waals surface area contributed by atoms with Crippen molar-refractivity contribution in [2.24, 2.45) is 0 Å². The average molecular weight is 623 g/mol. The molecular formula is C36H38N4O6. The minimum atomic E-state index is -1.59. The predicted molar refractivity (Wildman–Crippen MR) is 177 cm³/mol. The first-order valence-corrected chi connectivity index (χ1v) is 15.0. The third-order valence-electron chi connectivity index (χ3n) is 7.95. The third-order valence-corrected chi connectivity index (χ3v) is 7.95. The average Bonchev–Trinajstić information content (AvgIpc) is 3.40. The van der Waals surface area contributed by atoms with E-state index in [-0.39, 0.29) is 6.42 Å². The van der Waals surface area contributed by atoms with Crippen molar-refractivity contribution in [2.45, 2.75) is 44.9 Å². The molecule has 0 spiro atoms. The van der Waals surface area contributed by atoms with Gasteiger partial charge in [-0.05, 0) is 67.8 Å². The van der Waals surface area contributed by atoms with Crippen molar-refractivity contribution in [3.05, 3.63) is 78.0 Å². The van der Waals surface area contributed by atoms with Crippen molar-refractivity contribution in [1.29, 1.82) is 5.26 Å². The Morgan fingerprint density at radius 1 is 0.957 bits per heavy atom. The van der Waals surface area contributed by atoms with E-state index in [9.17, 15) is 9.90 Å². The second kappa shape index (κ2) is 13.8. The van der Waals surface area contributed by atoms with Crippen molar-refractivity contribution in [1.82, 2.24) is 14.9 Å². The number of para-hydroxylation sites is 1. The maximum absolute atomic E-state index is 14.0. The normalized spacial score (nSPS) is 12.4. The van der Waals surface area contributed by atoms with E-state index in [1.54, 1.807) is 50.4 Å². The number of methoxy groups -OCH3 is 4. The number of ether oxygens (including phenoxy) is 4. The molecule has 5 rings (SSSR count). The monoisotopic (exact) mass is 622 g/mol. The maximum Gasteiger partial charge on any atom is 0.254 e. The van der Waals surface area contributed by atoms with Gasteiger partial charge in [-0.1, -0.05) is 18.2 Å². The summed E-state index contributed by atoms with van der Waals surface area (Å²) in [4.78, 5) is 18.9. The van der Waals surface area contributed by atoms with E-state index in [0.29, 0.717) is 57.1 Å². The van der Waals surface area contributed by atoms with E-state index < -0.39 is 11.6 Å². The van der Waals surface area contributed by atoms with E-state index in [1.807, 2.05) is 30.5 Å². The van der Waals surface area contributed by atoms with Crippen molar-refractivity contribution in [2.75, 3.05) is 28.4 Å². The van der Waals surface area contributed by atoms with Crippen molar-refractivity contribution < 1.29 is 28.8 Å². The quantitative estimate of drug-likeness (QED) is 0.116. The summed E-state index contributed by atoms with van der Waals surface area (Å²) in [6.07, 6.45) is 4.40. The Kier molecular flexibility index (Phi) is 9.64. The lowest BCUT2D eigenvalue weighted by Gasteiger charge is -2.25. The van der Waals surface area contributed by atoms with Gasteiger partial charge in [0, 0.05) is 47.4 Å². The number of nitriles is 1. The topological polar surface area (TPSA) is 128 Å². The molecule has 238 valence electrons. The van der Waals surface area contributed by atoms with Crippen molar-refractivity contribution >= 4 is 27.7 Å². The molecule has 2 N–H and O–H groups in total. The molecule has 5 aromatic rings. The third kappa shape index (κ3) is 6.70. The molecule has 0 radical (unpaired) electrons. The molecule has 0 aliphatic carbocycles. The number of fused-ring (bicyclic) bond motifs is 2. The van der Waals surface area contributed by atoms with Crippen LogP contribution in [-0.4, -0.2) is 54.7 Å². The zero-order chi connectivity index (χ0) is 32.8. The van der Waals surface area contributed by atoms with Crippen LogP contribution in [0.5, 0.6) is 23.0 Å². The lowest BCUT2D eigenvalue weighted by molar-refractivity contribution is 0.0236. The highest BCUT2D eigenvalue weighted by Gasteiger charge is 2.28. The molecule has 1 atom stereocenters. The van der Waals surface area contributed by atoms with Gasteiger partial charge in [0.1, 0.15) is 11.5 Å². The number of hydrogen-bond acceptors (Lipinski definition) is 8. The summed E-state index contributed by atoms with van der Waals surface area (Å²) in [7, 11) is 6.16. The van der Waals surface area contributed by atoms with Crippen molar-refractivity contribution in [3.63, 3.8) is 0 Å². The summed E-state index contributed by atoms with van der Waals surface area (Å²) in [5, 5.41) is 24.9. The molecular weight excluding hydrogens is 584 g/mol. The van der Waals surface area contributed by atoms with Crippen LogP contribution in [0.15, 0.2) is 66.9 Å². The SMILES string of the molecule is COc1ccc2nc(-c3cc(OC)c(OC)c(OC)c3)cc(C(=O)N[C@](C)(O)Cc3cn(CCCCC#N)c4ccccc34)c2c1. The first kappa shape index (κ1) is 32.1. The van der Waals surface area contributed by atoms with E-state index in [2.05, 4.69) is 16.0 Å². The highest BCUT2D eigenvalue weighted by Crippen LogP contribution is 2.41. The molecule has 0 fully saturated rings. The number of aliphatic hydroxyl groups is 1. The highest BCUT2D eigenvalue weighted by molar-refractivity contribution is 6.08. The lowest BCUT2D eigenvalue weighted by Crippen LogP contribution is -2.47. The summed E-state index contributed by atoms with van der Waals surface area (Å²) in [6, 6.07) is 20.7. The lowest BCUT2D eigenvalue weighted by atomic mass is 10.0. The zero-order valence-corrected chi connectivity index (χ0v) is 26.7. The van der Waals surface area contributed by atoms with Gasteiger partial charge >= 0.3 is 0 Å². The Labute approximate surface area is 268 Å². The molecule has 0 unspecified atom stereocenters. The number of benzene rings is 3. The first-order valence-electron chi connectivity index (χ1n) is 15.0. The summed E-state index contributed by atoms with van der Waals surface area (Å²) in [5.74, 6) is 1.44. The molecule has 3 aromatic carbocycles. The molecule has 1 amide bonds. The number of aryl methyl sites for hydroxylation is 1. The molecule has 0 saturated heterocycles. The van der Waals surface area contributed by atoms with E-state index >= 15 is 0 Å². The minimum absolute atomic E-state index is 0.177. The summed E-state index contributed by atoms with van der Waals surface area (Å²) < 4.78 is 24.2. The Balaban J connectivity index is 1.51. The number of pyridine rings is 1. The van der Waals surface area contributed by atoms with Gasteiger partial charge in [0.05, 0.1) is 51.3 Å². The minimum Gasteiger partial charge on any atom is -0.497 e. The van der Waals surface area contributed by atoms with Gasteiger partial charge in [-0.25, -0.2) is 4.98 Å². The van der Waals surface area contributed by atoms with Gasteiger partial charge in [0.25, 0.3) is 5.91 Å². The van der Waals surface area contributed by atoms with Crippen LogP contribution in [0, 0.1) is 11.3 Å². The molecule has 0 aliphatic heterocycles. The highest BCUT2D eigenvalue weighted by atomic mass is 16.5. The summed E-state index contributed by atoms with van der Waals surface area (Å²) in [5.41, 5.74) is 2.38. The standard InChI is InChI=1S/C36H38N4O6/c1-36(42,21-24-22-40(16-10-6-9-15-37)31-12-8-7-11-26(24)31)39-35(41)28-20-30(38-29-14-13-25(43-2)19-27(28)29)23-17-32(44-3)34(46-5)33(18-23)45-4/h7-8,11-14,17-20,22,42H,6,9-10,16,21H2,1-5H3,(H,39,41)/t36-/m1/s1. The molecule has 0 bridgehead atoms. The zero-order valence-electron chi connectivity index (χ0n) is 26.7. The van der Waals surface area contributed by atoms with E-state index in [0.717, 1.165) is 35.9 Å². The van der Waals surface area contributed by atoms with Gasteiger partial charge in [0.15, 0.2) is 11.5 Å². The molecule has 2 heterocycles. The fourth-order valence-electron chi connectivity index (χ4n) is 5.76. The van der Waals surface area contributed by atoms with Crippen LogP contribution in [0.3, 0.4) is 0 Å². The van der Waals surface area contributed by atoms with Gasteiger partial charge in [-0.2, -0.15) is 5.26 Å². The van der Waals surface area contributed by atoms with Gasteiger partial charge in [-0.15, -0.1) is 0 Å². The molecule has 10 heteroatoms. The summed E-state index contributed by atoms with van der Waals surface area (Å²) >= 11 is 0. The van der Waals surface area contributed by atoms with E-state index in [4.69, 9.17) is 29.2 Å². The second-order valence-corrected chi connectivity index (χ2v) is 11.2. The molecule has 0 saturated carbocycles. The number of rotatable bonds is 13. The first-order chi connectivity index (χ1) is 22.2. The van der Waals surface area contributed by atoms with Crippen LogP contribution in [0.2, 0.25) is 0 Å². The van der Waals surface area contributed by atoms with Crippen LogP contribution in [0.4, 0.5) is 0 Å². The molecule has 0 aliphatic rings. The Morgan fingerprint density at radius 2 is 1.70 bits per heavy atom. The number of nitrogens with zero attached hydrogens (tertiary/aromatic N) is 3. The van der Waals surface area contributed by atoms with Crippen LogP contribution < -0.4 is 24.3 Å². The Morgan fingerprint density at radius 3 is 2.37 bits per heavy atom. The van der Waals surface area contributed by atoms with E-state index in [1.165, 1.54) is 21.3 Å². The number of carbonyl (C=O) groups excluding carboxylic acids is 1. The fourth-order valence-corrected chi connectivity index (χ4v) is 5.76. The smallest absolute Gasteiger partial charge is 0.254 e. The van der Waals surface area contributed by atoms with Crippen LogP contribution in [0.1, 0.15) is 42.1 Å². The second-order valence-electron chi connectivity index (χ2n) is 11.2. The molecule has 2 aromatic heterocycles. The Hall–Kier alpha value is -5.27. The molecule has 10 nitrogen and oxygen atoms in total. The maximum atomic E-state index is 14.0. The van der Waals surface area contributed by atoms with Crippen LogP contribution >= 0.6 is 0 Å². The Bertz CT molecular complexity index is 1900. The molecule has 46 heavy (non-hydrogen) atoms. The van der Waals surface area contributed by atoms with Gasteiger partial charge in [0.2, 0.25) is 5.75 Å². The van der Waals surface area contributed by atoms with Crippen molar-refractivity contribution in [3.8, 4) is 40.3 Å². The number of carbonyl (C=O) groups is 1. The number of aromatic nitrogens is 2. The van der Waals surface area contributed by atoms with Gasteiger partial charge in [-0.3, -0.25) is 4.79 Å². The predicted octanol–water partition coefficient (Wildman–Crippen LogP) is 6.27. The van der Waals surface area contributed by atoms with Crippen LogP contribution in [-0.2, 0) is 13.0 Å². The van der Waals surface area contributed by atoms with Crippen LogP contribution in [0.25, 0.3) is 33.1 Å². The number of unbranched alkanes of at least 4 members (excludes halogenated alkanes) is 2. The number of hydrogen-bond donors (Lipinski definition) is 2. The summed E-state index contributed by atoms with van der Waals surface area (Å²) in [6.45, 7) is 2.35. The number of nitrogens with one attached hydrogen (secondary N) is 1. The largest absolute Gasteiger partial charge is 0.497 e. The van der Waals surface area contributed by atoms with Gasteiger partial charge < -0.3 is 33.9 Å². The fraction of sp³-hybridized carbons (Fsp3) is 0.306.